The molecule has 0 aromatic heterocycles. The van der Waals surface area contributed by atoms with Gasteiger partial charge in [-0.3, -0.25) is 9.59 Å². The Morgan fingerprint density at radius 2 is 1.88 bits per heavy atom. The van der Waals surface area contributed by atoms with Crippen molar-refractivity contribution in [2.75, 3.05) is 23.4 Å². The minimum Gasteiger partial charge on any atom is -0.483 e. The van der Waals surface area contributed by atoms with Crippen LogP contribution < -0.4 is 15.0 Å². The van der Waals surface area contributed by atoms with Crippen LogP contribution >= 0.6 is 0 Å². The van der Waals surface area contributed by atoms with Gasteiger partial charge >= 0.3 is 0 Å². The van der Waals surface area contributed by atoms with Gasteiger partial charge in [0.15, 0.2) is 6.61 Å². The number of benzene rings is 2. The van der Waals surface area contributed by atoms with E-state index in [0.717, 1.165) is 41.1 Å². The number of anilines is 2. The monoisotopic (exact) mass is 352 g/mol. The van der Waals surface area contributed by atoms with Crippen LogP contribution in [-0.4, -0.2) is 25.0 Å². The first-order chi connectivity index (χ1) is 12.4. The van der Waals surface area contributed by atoms with Crippen molar-refractivity contribution in [1.29, 1.82) is 0 Å². The third kappa shape index (κ3) is 4.04. The minimum atomic E-state index is -0.214. The molecule has 2 amide bonds. The molecule has 2 aromatic rings. The normalized spacial score (nSPS) is 13.8. The van der Waals surface area contributed by atoms with Crippen LogP contribution in [0.4, 0.5) is 11.4 Å². The summed E-state index contributed by atoms with van der Waals surface area (Å²) in [6.45, 7) is 6.73. The van der Waals surface area contributed by atoms with E-state index in [1.165, 1.54) is 0 Å². The topological polar surface area (TPSA) is 58.6 Å². The van der Waals surface area contributed by atoms with E-state index in [4.69, 9.17) is 4.74 Å². The van der Waals surface area contributed by atoms with Crippen molar-refractivity contribution in [3.8, 4) is 5.75 Å². The van der Waals surface area contributed by atoms with Crippen molar-refractivity contribution in [3.05, 3.63) is 53.1 Å². The highest BCUT2D eigenvalue weighted by atomic mass is 16.5. The molecule has 1 saturated heterocycles. The van der Waals surface area contributed by atoms with E-state index in [2.05, 4.69) is 11.4 Å². The van der Waals surface area contributed by atoms with Gasteiger partial charge in [-0.1, -0.05) is 6.07 Å². The van der Waals surface area contributed by atoms with Crippen molar-refractivity contribution >= 4 is 23.2 Å². The van der Waals surface area contributed by atoms with Crippen LogP contribution in [0.2, 0.25) is 0 Å². The lowest BCUT2D eigenvalue weighted by Crippen LogP contribution is -2.23. The Morgan fingerprint density at radius 3 is 2.54 bits per heavy atom. The second-order valence-electron chi connectivity index (χ2n) is 6.74. The predicted octanol–water partition coefficient (Wildman–Crippen LogP) is 3.76. The summed E-state index contributed by atoms with van der Waals surface area (Å²) in [5.41, 5.74) is 4.85. The average molecular weight is 352 g/mol. The van der Waals surface area contributed by atoms with Gasteiger partial charge in [-0.15, -0.1) is 0 Å². The quantitative estimate of drug-likeness (QED) is 0.891. The Bertz CT molecular complexity index is 828. The smallest absolute Gasteiger partial charge is 0.262 e. The number of amides is 2. The lowest BCUT2D eigenvalue weighted by Gasteiger charge is -2.16. The minimum absolute atomic E-state index is 0.0455. The van der Waals surface area contributed by atoms with E-state index in [1.807, 2.05) is 39.0 Å². The largest absolute Gasteiger partial charge is 0.483 e. The second kappa shape index (κ2) is 7.60. The highest BCUT2D eigenvalue weighted by molar-refractivity contribution is 5.96. The van der Waals surface area contributed by atoms with Crippen LogP contribution in [0.25, 0.3) is 0 Å². The molecule has 0 radical (unpaired) electrons. The number of carbonyl (C=O) groups is 2. The number of rotatable bonds is 5. The molecular formula is C21H24N2O3. The Balaban J connectivity index is 1.57. The van der Waals surface area contributed by atoms with E-state index in [0.29, 0.717) is 12.1 Å². The highest BCUT2D eigenvalue weighted by Gasteiger charge is 2.21. The summed E-state index contributed by atoms with van der Waals surface area (Å²) in [5, 5.41) is 2.82. The molecule has 1 aliphatic rings. The van der Waals surface area contributed by atoms with Crippen molar-refractivity contribution in [3.63, 3.8) is 0 Å². The first-order valence-corrected chi connectivity index (χ1v) is 8.85. The molecule has 1 aliphatic heterocycles. The fourth-order valence-electron chi connectivity index (χ4n) is 3.14. The zero-order valence-corrected chi connectivity index (χ0v) is 15.5. The first kappa shape index (κ1) is 18.0. The summed E-state index contributed by atoms with van der Waals surface area (Å²) in [4.78, 5) is 25.7. The number of ether oxygens (including phenoxy) is 1. The van der Waals surface area contributed by atoms with Crippen LogP contribution in [0.15, 0.2) is 36.4 Å². The van der Waals surface area contributed by atoms with Crippen molar-refractivity contribution in [2.45, 2.75) is 33.6 Å². The summed E-state index contributed by atoms with van der Waals surface area (Å²) in [7, 11) is 0. The van der Waals surface area contributed by atoms with Crippen LogP contribution in [0, 0.1) is 20.8 Å². The molecule has 136 valence electrons. The number of aryl methyl sites for hydroxylation is 2. The van der Waals surface area contributed by atoms with Gasteiger partial charge in [-0.25, -0.2) is 0 Å². The number of hydrogen-bond acceptors (Lipinski definition) is 3. The fourth-order valence-corrected chi connectivity index (χ4v) is 3.14. The third-order valence-electron chi connectivity index (χ3n) is 4.66. The van der Waals surface area contributed by atoms with Gasteiger partial charge in [0.2, 0.25) is 5.91 Å². The van der Waals surface area contributed by atoms with E-state index >= 15 is 0 Å². The molecule has 0 spiro atoms. The SMILES string of the molecule is Cc1cc(C)c(C)c(OCC(=O)Nc2ccc(N3CCCC3=O)cc2)c1. The number of nitrogens with zero attached hydrogens (tertiary/aromatic N) is 1. The van der Waals surface area contributed by atoms with Crippen molar-refractivity contribution < 1.29 is 14.3 Å². The molecule has 2 aromatic carbocycles. The lowest BCUT2D eigenvalue weighted by molar-refractivity contribution is -0.118. The Labute approximate surface area is 154 Å². The highest BCUT2D eigenvalue weighted by Crippen LogP contribution is 2.24. The van der Waals surface area contributed by atoms with Crippen LogP contribution in [0.3, 0.4) is 0 Å². The number of carbonyl (C=O) groups excluding carboxylic acids is 2. The molecule has 0 aliphatic carbocycles. The fraction of sp³-hybridized carbons (Fsp3) is 0.333. The van der Waals surface area contributed by atoms with Crippen LogP contribution in [0.5, 0.6) is 5.75 Å². The zero-order valence-electron chi connectivity index (χ0n) is 15.5. The number of nitrogens with one attached hydrogen (secondary N) is 1. The summed E-state index contributed by atoms with van der Waals surface area (Å²) < 4.78 is 5.69. The van der Waals surface area contributed by atoms with Gasteiger partial charge in [-0.2, -0.15) is 0 Å². The zero-order chi connectivity index (χ0) is 18.7. The molecular weight excluding hydrogens is 328 g/mol. The Morgan fingerprint density at radius 1 is 1.15 bits per heavy atom. The van der Waals surface area contributed by atoms with Gasteiger partial charge in [0.25, 0.3) is 5.91 Å². The standard InChI is InChI=1S/C21H24N2O3/c1-14-11-15(2)16(3)19(12-14)26-13-20(24)22-17-6-8-18(9-7-17)23-10-4-5-21(23)25/h6-9,11-12H,4-5,10,13H2,1-3H3,(H,22,24). The maximum absolute atomic E-state index is 12.2. The van der Waals surface area contributed by atoms with Gasteiger partial charge in [0.1, 0.15) is 5.75 Å². The van der Waals surface area contributed by atoms with Crippen LogP contribution in [0.1, 0.15) is 29.5 Å². The van der Waals surface area contributed by atoms with Crippen molar-refractivity contribution in [1.82, 2.24) is 0 Å². The van der Waals surface area contributed by atoms with Gasteiger partial charge < -0.3 is 15.0 Å². The summed E-state index contributed by atoms with van der Waals surface area (Å²) >= 11 is 0. The molecule has 26 heavy (non-hydrogen) atoms. The van der Waals surface area contributed by atoms with E-state index in [1.54, 1.807) is 17.0 Å². The first-order valence-electron chi connectivity index (χ1n) is 8.85. The molecule has 1 fully saturated rings. The maximum atomic E-state index is 12.2. The van der Waals surface area contributed by atoms with E-state index in [-0.39, 0.29) is 18.4 Å². The van der Waals surface area contributed by atoms with Gasteiger partial charge in [0.05, 0.1) is 0 Å². The molecule has 3 rings (SSSR count). The predicted molar refractivity (Wildman–Crippen MR) is 103 cm³/mol. The molecule has 0 saturated carbocycles. The summed E-state index contributed by atoms with van der Waals surface area (Å²) in [5.74, 6) is 0.674. The molecule has 0 unspecified atom stereocenters. The van der Waals surface area contributed by atoms with E-state index in [9.17, 15) is 9.59 Å². The number of hydrogen-bond donors (Lipinski definition) is 1. The average Bonchev–Trinajstić information content (AvgIpc) is 3.03. The maximum Gasteiger partial charge on any atom is 0.262 e. The second-order valence-corrected chi connectivity index (χ2v) is 6.74. The summed E-state index contributed by atoms with van der Waals surface area (Å²) in [6.07, 6.45) is 1.50. The molecule has 5 heteroatoms. The summed E-state index contributed by atoms with van der Waals surface area (Å²) in [6, 6.07) is 11.4. The van der Waals surface area contributed by atoms with Crippen molar-refractivity contribution in [2.24, 2.45) is 0 Å². The Hall–Kier alpha value is -2.82. The third-order valence-corrected chi connectivity index (χ3v) is 4.66. The van der Waals surface area contributed by atoms with Crippen LogP contribution in [-0.2, 0) is 9.59 Å². The lowest BCUT2D eigenvalue weighted by atomic mass is 10.1. The van der Waals surface area contributed by atoms with E-state index < -0.39 is 0 Å². The molecule has 1 heterocycles. The Kier molecular flexibility index (Phi) is 5.26. The molecule has 0 atom stereocenters. The molecule has 1 N–H and O–H groups in total. The van der Waals surface area contributed by atoms with Gasteiger partial charge in [-0.05, 0) is 74.2 Å². The molecule has 5 nitrogen and oxygen atoms in total. The van der Waals surface area contributed by atoms with Gasteiger partial charge in [0, 0.05) is 24.3 Å². The molecule has 0 bridgehead atoms.